The summed E-state index contributed by atoms with van der Waals surface area (Å²) < 4.78 is 0. The Bertz CT molecular complexity index is 6.00. The van der Waals surface area contributed by atoms with E-state index in [1.165, 1.54) is 0 Å². The summed E-state index contributed by atoms with van der Waals surface area (Å²) in [4.78, 5) is 0. The molecular weight excluding hydrogens is 233 g/mol. The first-order valence-electron chi connectivity index (χ1n) is 0.239. The second-order valence-corrected chi connectivity index (χ2v) is 2.41. The minimum atomic E-state index is -0.106. The van der Waals surface area contributed by atoms with E-state index in [0.717, 1.165) is 0 Å². The van der Waals surface area contributed by atoms with Crippen LogP contribution in [0.25, 0.3) is 0 Å². The third-order valence-electron chi connectivity index (χ3n) is 0. The van der Waals surface area contributed by atoms with E-state index in [1.54, 1.807) is 0 Å². The molecule has 0 radical (unpaired) electrons. The summed E-state index contributed by atoms with van der Waals surface area (Å²) in [6.45, 7) is 0. The van der Waals surface area contributed by atoms with Gasteiger partial charge in [-0.15, -0.1) is 0 Å². The molecule has 0 aliphatic heterocycles. The number of hydrogen-bond acceptors (Lipinski definition) is 0. The van der Waals surface area contributed by atoms with Gasteiger partial charge in [0, 0.05) is 17.1 Å². The summed E-state index contributed by atoms with van der Waals surface area (Å²) in [6, 6.07) is 0. The van der Waals surface area contributed by atoms with Crippen molar-refractivity contribution in [3.63, 3.8) is 0 Å². The van der Waals surface area contributed by atoms with E-state index in [4.69, 9.17) is 19.1 Å². The number of hydrogen-bond donors (Lipinski definition) is 0. The van der Waals surface area contributed by atoms with E-state index in [9.17, 15) is 0 Å². The van der Waals surface area contributed by atoms with Gasteiger partial charge < -0.3 is 0 Å². The largest absolute Gasteiger partial charge is 0 e. The Hall–Kier alpha value is 1.76. The molecule has 0 rings (SSSR count). The van der Waals surface area contributed by atoms with E-state index in [2.05, 4.69) is 0 Å². The van der Waals surface area contributed by atoms with Gasteiger partial charge in [-0.2, -0.15) is 0 Å². The quantitative estimate of drug-likeness (QED) is 0.554. The van der Waals surface area contributed by atoms with Crippen molar-refractivity contribution in [3.8, 4) is 0 Å². The van der Waals surface area contributed by atoms with Crippen molar-refractivity contribution in [2.75, 3.05) is 0 Å². The van der Waals surface area contributed by atoms with Crippen molar-refractivity contribution < 1.29 is 33.0 Å². The Morgan fingerprint density at radius 2 is 1.25 bits per heavy atom. The van der Waals surface area contributed by atoms with Crippen molar-refractivity contribution in [3.05, 3.63) is 0 Å². The van der Waals surface area contributed by atoms with Crippen LogP contribution in [0.1, 0.15) is 0 Å². The van der Waals surface area contributed by atoms with E-state index < -0.39 is 0 Å². The molecule has 4 heteroatoms. The van der Waals surface area contributed by atoms with Crippen LogP contribution >= 0.6 is 19.1 Å². The average Bonchev–Trinajstić information content (AvgIpc) is 0.918. The Morgan fingerprint density at radius 1 is 1.25 bits per heavy atom. The molecule has 0 aromatic rings. The van der Waals surface area contributed by atoms with E-state index in [0.29, 0.717) is 0 Å². The summed E-state index contributed by atoms with van der Waals surface area (Å²) in [6.07, 6.45) is 0. The monoisotopic (exact) mass is 232 g/mol. The Morgan fingerprint density at radius 3 is 1.25 bits per heavy atom. The molecule has 0 aliphatic rings. The third-order valence-corrected chi connectivity index (χ3v) is 0. The SMILES string of the molecule is [Cl][Pd][Cl].[Fe]. The molecular formula is Cl2FePd. The predicted octanol–water partition coefficient (Wildman–Crippen LogP) is 1.37. The molecule has 0 spiro atoms. The van der Waals surface area contributed by atoms with Crippen LogP contribution in [0.5, 0.6) is 0 Å². The minimum absolute atomic E-state index is 0. The maximum absolute atomic E-state index is 4.81. The van der Waals surface area contributed by atoms with Crippen LogP contribution in [0, 0.1) is 0 Å². The predicted molar refractivity (Wildman–Crippen MR) is 11.7 cm³/mol. The molecule has 0 heterocycles. The van der Waals surface area contributed by atoms with Crippen LogP contribution in [0.4, 0.5) is 0 Å². The molecule has 0 saturated heterocycles. The molecule has 0 N–H and O–H groups in total. The fraction of sp³-hybridized carbons (Fsp3) is 0. The second-order valence-electron chi connectivity index (χ2n) is 0.0452. The van der Waals surface area contributed by atoms with Crippen molar-refractivity contribution in [2.45, 2.75) is 0 Å². The van der Waals surface area contributed by atoms with Gasteiger partial charge in [0.05, 0.1) is 0 Å². The first-order valence-corrected chi connectivity index (χ1v) is 4.24. The zero-order valence-corrected chi connectivity index (χ0v) is 5.60. The zero-order chi connectivity index (χ0) is 2.71. The van der Waals surface area contributed by atoms with Gasteiger partial charge in [-0.05, 0) is 0 Å². The minimum Gasteiger partial charge on any atom is 0 e. The van der Waals surface area contributed by atoms with Crippen molar-refractivity contribution in [2.24, 2.45) is 0 Å². The van der Waals surface area contributed by atoms with E-state index in [-0.39, 0.29) is 33.0 Å². The molecule has 0 unspecified atom stereocenters. The van der Waals surface area contributed by atoms with Crippen LogP contribution in [-0.2, 0) is 33.0 Å². The van der Waals surface area contributed by atoms with Gasteiger partial charge in [-0.1, -0.05) is 0 Å². The van der Waals surface area contributed by atoms with E-state index >= 15 is 0 Å². The van der Waals surface area contributed by atoms with Crippen LogP contribution in [0.15, 0.2) is 0 Å². The standard InChI is InChI=1S/2ClH.Fe.Pd/h2*1H;;/q;;;+2/p-2. The summed E-state index contributed by atoms with van der Waals surface area (Å²) >= 11 is -0.106. The van der Waals surface area contributed by atoms with Crippen LogP contribution < -0.4 is 0 Å². The molecule has 0 atom stereocenters. The van der Waals surface area contributed by atoms with Crippen molar-refractivity contribution in [1.82, 2.24) is 0 Å². The molecule has 0 saturated carbocycles. The van der Waals surface area contributed by atoms with Crippen molar-refractivity contribution >= 4 is 19.1 Å². The van der Waals surface area contributed by atoms with Gasteiger partial charge in [-0.3, -0.25) is 0 Å². The third kappa shape index (κ3) is 9.24. The van der Waals surface area contributed by atoms with E-state index in [1.807, 2.05) is 0 Å². The Balaban J connectivity index is 0. The normalized spacial score (nSPS) is 5.50. The second kappa shape index (κ2) is 8.83. The summed E-state index contributed by atoms with van der Waals surface area (Å²) in [5.41, 5.74) is 0. The van der Waals surface area contributed by atoms with Gasteiger partial charge >= 0.3 is 35.0 Å². The van der Waals surface area contributed by atoms with Gasteiger partial charge in [-0.25, -0.2) is 0 Å². The maximum Gasteiger partial charge on any atom is 0 e. The number of rotatable bonds is 0. The molecule has 0 bridgehead atoms. The summed E-state index contributed by atoms with van der Waals surface area (Å²) in [5.74, 6) is 0. The molecule has 0 aromatic carbocycles. The number of halogens is 2. The summed E-state index contributed by atoms with van der Waals surface area (Å²) in [5, 5.41) is 0. The first kappa shape index (κ1) is 9.23. The molecule has 0 nitrogen and oxygen atoms in total. The van der Waals surface area contributed by atoms with Crippen LogP contribution in [0.2, 0.25) is 0 Å². The first-order chi connectivity index (χ1) is 1.41. The fourth-order valence-corrected chi connectivity index (χ4v) is 0. The topological polar surface area (TPSA) is 0 Å². The maximum atomic E-state index is 4.81. The van der Waals surface area contributed by atoms with Crippen LogP contribution in [-0.4, -0.2) is 0 Å². The zero-order valence-electron chi connectivity index (χ0n) is 1.43. The van der Waals surface area contributed by atoms with Gasteiger partial charge in [0.15, 0.2) is 0 Å². The fourth-order valence-electron chi connectivity index (χ4n) is 0. The van der Waals surface area contributed by atoms with Gasteiger partial charge in [0.2, 0.25) is 0 Å². The van der Waals surface area contributed by atoms with Crippen molar-refractivity contribution in [1.29, 1.82) is 0 Å². The molecule has 0 amide bonds. The van der Waals surface area contributed by atoms with Gasteiger partial charge in [0.1, 0.15) is 0 Å². The molecule has 32 valence electrons. The molecule has 0 fully saturated rings. The molecule has 4 heavy (non-hydrogen) atoms. The Kier molecular flexibility index (Phi) is 20.4. The average molecular weight is 233 g/mol. The van der Waals surface area contributed by atoms with Crippen LogP contribution in [0.3, 0.4) is 0 Å². The van der Waals surface area contributed by atoms with Gasteiger partial charge in [0.25, 0.3) is 0 Å². The molecule has 0 aromatic heterocycles. The molecule has 0 aliphatic carbocycles. The smallest absolute Gasteiger partial charge is 0 e. The summed E-state index contributed by atoms with van der Waals surface area (Å²) in [7, 11) is 9.63. The Labute approximate surface area is 51.8 Å².